The number of carbonyl (C=O) groups excluding carboxylic acids is 1. The topological polar surface area (TPSA) is 59.8 Å². The first-order chi connectivity index (χ1) is 13.6. The molecule has 0 aliphatic heterocycles. The quantitative estimate of drug-likeness (QED) is 0.550. The Kier molecular flexibility index (Phi) is 4.94. The number of nitrogens with one attached hydrogen (secondary N) is 1. The molecule has 8 heteroatoms. The predicted octanol–water partition coefficient (Wildman–Crippen LogP) is 4.20. The Morgan fingerprint density at radius 1 is 1.07 bits per heavy atom. The number of benzene rings is 2. The molecule has 140 valence electrons. The number of carbonyl (C=O) groups is 1. The largest absolute Gasteiger partial charge is 0.346 e. The number of para-hydroxylation sites is 1. The highest BCUT2D eigenvalue weighted by atomic mass is 32.1. The van der Waals surface area contributed by atoms with E-state index in [-0.39, 0.29) is 18.1 Å². The molecule has 2 aromatic heterocycles. The van der Waals surface area contributed by atoms with E-state index in [1.807, 2.05) is 17.5 Å². The van der Waals surface area contributed by atoms with Crippen LogP contribution >= 0.6 is 11.3 Å². The third-order valence-corrected chi connectivity index (χ3v) is 4.70. The molecule has 2 aromatic carbocycles. The summed E-state index contributed by atoms with van der Waals surface area (Å²) in [7, 11) is 0. The van der Waals surface area contributed by atoms with Crippen LogP contribution in [0.3, 0.4) is 0 Å². The maximum atomic E-state index is 13.8. The minimum absolute atomic E-state index is 0.135. The summed E-state index contributed by atoms with van der Waals surface area (Å²) in [6.45, 7) is 0.135. The lowest BCUT2D eigenvalue weighted by molar-refractivity contribution is 0.0950. The average molecular weight is 396 g/mol. The number of hydrogen-bond acceptors (Lipinski definition) is 4. The maximum Gasteiger partial charge on any atom is 0.251 e. The molecule has 0 aliphatic carbocycles. The Morgan fingerprint density at radius 3 is 2.50 bits per heavy atom. The van der Waals surface area contributed by atoms with E-state index in [0.717, 1.165) is 28.1 Å². The van der Waals surface area contributed by atoms with Crippen molar-refractivity contribution in [2.75, 3.05) is 0 Å². The van der Waals surface area contributed by atoms with Gasteiger partial charge in [-0.15, -0.1) is 11.3 Å². The molecule has 5 nitrogen and oxygen atoms in total. The Morgan fingerprint density at radius 2 is 1.82 bits per heavy atom. The van der Waals surface area contributed by atoms with Crippen molar-refractivity contribution in [3.05, 3.63) is 88.5 Å². The summed E-state index contributed by atoms with van der Waals surface area (Å²) >= 11 is 1.51. The highest BCUT2D eigenvalue weighted by molar-refractivity contribution is 7.07. The number of halogens is 2. The molecule has 0 fully saturated rings. The Balaban J connectivity index is 1.42. The van der Waals surface area contributed by atoms with Gasteiger partial charge >= 0.3 is 0 Å². The van der Waals surface area contributed by atoms with Crippen LogP contribution in [0, 0.1) is 11.6 Å². The Bertz CT molecular complexity index is 1090. The van der Waals surface area contributed by atoms with Gasteiger partial charge in [0.05, 0.1) is 23.4 Å². The van der Waals surface area contributed by atoms with Gasteiger partial charge in [0.15, 0.2) is 11.6 Å². The van der Waals surface area contributed by atoms with Crippen LogP contribution in [0.2, 0.25) is 0 Å². The van der Waals surface area contributed by atoms with Crippen molar-refractivity contribution in [3.8, 4) is 16.9 Å². The molecule has 0 atom stereocenters. The second-order valence-electron chi connectivity index (χ2n) is 5.96. The maximum absolute atomic E-state index is 13.8. The van der Waals surface area contributed by atoms with Crippen molar-refractivity contribution in [2.45, 2.75) is 6.54 Å². The van der Waals surface area contributed by atoms with Gasteiger partial charge in [0, 0.05) is 22.7 Å². The van der Waals surface area contributed by atoms with E-state index in [1.165, 1.54) is 23.6 Å². The lowest BCUT2D eigenvalue weighted by Gasteiger charge is -2.06. The summed E-state index contributed by atoms with van der Waals surface area (Å²) in [4.78, 5) is 16.6. The van der Waals surface area contributed by atoms with Crippen LogP contribution in [-0.4, -0.2) is 20.7 Å². The number of aromatic nitrogens is 3. The number of rotatable bonds is 5. The first-order valence-electron chi connectivity index (χ1n) is 8.37. The van der Waals surface area contributed by atoms with Crippen LogP contribution in [0.1, 0.15) is 16.1 Å². The minimum Gasteiger partial charge on any atom is -0.346 e. The van der Waals surface area contributed by atoms with E-state index in [9.17, 15) is 13.6 Å². The van der Waals surface area contributed by atoms with Gasteiger partial charge in [-0.05, 0) is 30.3 Å². The van der Waals surface area contributed by atoms with Crippen LogP contribution in [0.4, 0.5) is 8.78 Å². The van der Waals surface area contributed by atoms with Crippen molar-refractivity contribution < 1.29 is 13.6 Å². The van der Waals surface area contributed by atoms with Gasteiger partial charge in [0.1, 0.15) is 5.69 Å². The SMILES string of the molecule is O=C(NCc1ccn(-c2c(F)cccc2F)n1)c1ccc(-c2cscn2)cc1. The minimum atomic E-state index is -0.709. The summed E-state index contributed by atoms with van der Waals surface area (Å²) in [5.41, 5.74) is 4.28. The second-order valence-corrected chi connectivity index (χ2v) is 6.67. The van der Waals surface area contributed by atoms with E-state index in [1.54, 1.807) is 23.7 Å². The molecule has 28 heavy (non-hydrogen) atoms. The van der Waals surface area contributed by atoms with Crippen LogP contribution in [-0.2, 0) is 6.54 Å². The van der Waals surface area contributed by atoms with E-state index in [4.69, 9.17) is 0 Å². The number of thiazole rings is 1. The van der Waals surface area contributed by atoms with E-state index >= 15 is 0 Å². The Labute approximate surface area is 163 Å². The van der Waals surface area contributed by atoms with Crippen molar-refractivity contribution in [2.24, 2.45) is 0 Å². The van der Waals surface area contributed by atoms with E-state index in [0.29, 0.717) is 11.3 Å². The fraction of sp³-hybridized carbons (Fsp3) is 0.0500. The fourth-order valence-electron chi connectivity index (χ4n) is 2.71. The molecule has 0 unspecified atom stereocenters. The zero-order chi connectivity index (χ0) is 19.5. The summed E-state index contributed by atoms with van der Waals surface area (Å²) < 4.78 is 28.8. The highest BCUT2D eigenvalue weighted by Gasteiger charge is 2.13. The number of nitrogens with zero attached hydrogens (tertiary/aromatic N) is 3. The molecule has 4 rings (SSSR count). The van der Waals surface area contributed by atoms with E-state index in [2.05, 4.69) is 15.4 Å². The van der Waals surface area contributed by atoms with Crippen LogP contribution in [0.5, 0.6) is 0 Å². The summed E-state index contributed by atoms with van der Waals surface area (Å²) in [5.74, 6) is -1.69. The van der Waals surface area contributed by atoms with Gasteiger partial charge in [-0.25, -0.2) is 18.4 Å². The van der Waals surface area contributed by atoms with Gasteiger partial charge in [0.2, 0.25) is 0 Å². The molecule has 0 radical (unpaired) electrons. The number of amides is 1. The second kappa shape index (κ2) is 7.69. The van der Waals surface area contributed by atoms with Crippen molar-refractivity contribution >= 4 is 17.2 Å². The number of hydrogen-bond donors (Lipinski definition) is 1. The van der Waals surface area contributed by atoms with Gasteiger partial charge in [0.25, 0.3) is 5.91 Å². The summed E-state index contributed by atoms with van der Waals surface area (Å²) in [6.07, 6.45) is 1.45. The van der Waals surface area contributed by atoms with Crippen molar-refractivity contribution in [1.82, 2.24) is 20.1 Å². The predicted molar refractivity (Wildman–Crippen MR) is 102 cm³/mol. The molecule has 0 saturated carbocycles. The highest BCUT2D eigenvalue weighted by Crippen LogP contribution is 2.20. The first-order valence-corrected chi connectivity index (χ1v) is 9.32. The van der Waals surface area contributed by atoms with Gasteiger partial charge in [-0.3, -0.25) is 4.79 Å². The molecule has 0 saturated heterocycles. The molecular formula is C20H14F2N4OS. The van der Waals surface area contributed by atoms with Crippen molar-refractivity contribution in [1.29, 1.82) is 0 Å². The molecular weight excluding hydrogens is 382 g/mol. The lowest BCUT2D eigenvalue weighted by atomic mass is 10.1. The first kappa shape index (κ1) is 18.0. The van der Waals surface area contributed by atoms with Crippen LogP contribution in [0.25, 0.3) is 16.9 Å². The lowest BCUT2D eigenvalue weighted by Crippen LogP contribution is -2.23. The van der Waals surface area contributed by atoms with Gasteiger partial charge in [-0.2, -0.15) is 5.10 Å². The Hall–Kier alpha value is -3.39. The molecule has 0 aliphatic rings. The molecule has 2 heterocycles. The third-order valence-electron chi connectivity index (χ3n) is 4.12. The van der Waals surface area contributed by atoms with Crippen LogP contribution < -0.4 is 5.32 Å². The molecule has 1 N–H and O–H groups in total. The van der Waals surface area contributed by atoms with E-state index < -0.39 is 11.6 Å². The molecule has 1 amide bonds. The third kappa shape index (κ3) is 3.67. The van der Waals surface area contributed by atoms with Gasteiger partial charge in [-0.1, -0.05) is 18.2 Å². The van der Waals surface area contributed by atoms with Crippen molar-refractivity contribution in [3.63, 3.8) is 0 Å². The monoisotopic (exact) mass is 396 g/mol. The summed E-state index contributed by atoms with van der Waals surface area (Å²) in [6, 6.07) is 12.3. The van der Waals surface area contributed by atoms with Crippen LogP contribution in [0.15, 0.2) is 65.6 Å². The standard InChI is InChI=1S/C20H14F2N4OS/c21-16-2-1-3-17(22)19(16)26-9-8-15(25-26)10-23-20(27)14-6-4-13(5-7-14)18-11-28-12-24-18/h1-9,11-12H,10H2,(H,23,27). The summed E-state index contributed by atoms with van der Waals surface area (Å²) in [5, 5.41) is 8.81. The smallest absolute Gasteiger partial charge is 0.251 e. The zero-order valence-corrected chi connectivity index (χ0v) is 15.3. The normalized spacial score (nSPS) is 10.8. The molecule has 4 aromatic rings. The zero-order valence-electron chi connectivity index (χ0n) is 14.5. The fourth-order valence-corrected chi connectivity index (χ4v) is 3.27. The average Bonchev–Trinajstić information content (AvgIpc) is 3.39. The van der Waals surface area contributed by atoms with Gasteiger partial charge < -0.3 is 5.32 Å². The molecule has 0 spiro atoms. The molecule has 0 bridgehead atoms.